The average molecular weight is 230 g/mol. The second-order valence-electron chi connectivity index (χ2n) is 5.06. The predicted octanol–water partition coefficient (Wildman–Crippen LogP) is 1.98. The fraction of sp³-hybridized carbons (Fsp3) is 1.00. The molecule has 0 amide bonds. The Kier molecular flexibility index (Phi) is 9.99. The maximum Gasteiger partial charge on any atom is 0.0589 e. The SMILES string of the molecule is COCCN(CCNCCC(C)C)C(C)C. The van der Waals surface area contributed by atoms with E-state index in [2.05, 4.69) is 37.9 Å². The van der Waals surface area contributed by atoms with Gasteiger partial charge in [0, 0.05) is 32.8 Å². The average Bonchev–Trinajstić information content (AvgIpc) is 2.21. The molecule has 0 heterocycles. The molecule has 3 heteroatoms. The van der Waals surface area contributed by atoms with Gasteiger partial charge >= 0.3 is 0 Å². The molecular formula is C13H30N2O. The Hall–Kier alpha value is -0.120. The van der Waals surface area contributed by atoms with Crippen LogP contribution in [0.2, 0.25) is 0 Å². The van der Waals surface area contributed by atoms with Gasteiger partial charge in [-0.2, -0.15) is 0 Å². The third-order valence-corrected chi connectivity index (χ3v) is 2.79. The standard InChI is InChI=1S/C13H30N2O/c1-12(2)6-7-14-8-9-15(13(3)4)10-11-16-5/h12-14H,6-11H2,1-5H3. The predicted molar refractivity (Wildman–Crippen MR) is 70.9 cm³/mol. The van der Waals surface area contributed by atoms with Crippen LogP contribution in [0.15, 0.2) is 0 Å². The maximum absolute atomic E-state index is 5.12. The molecule has 0 saturated heterocycles. The molecular weight excluding hydrogens is 200 g/mol. The van der Waals surface area contributed by atoms with Crippen molar-refractivity contribution in [1.29, 1.82) is 0 Å². The molecule has 0 fully saturated rings. The Bertz CT molecular complexity index is 149. The number of hydrogen-bond donors (Lipinski definition) is 1. The number of ether oxygens (including phenoxy) is 1. The molecule has 0 aromatic rings. The molecule has 16 heavy (non-hydrogen) atoms. The lowest BCUT2D eigenvalue weighted by Gasteiger charge is -2.26. The van der Waals surface area contributed by atoms with Crippen LogP contribution in [0.5, 0.6) is 0 Å². The molecule has 0 unspecified atom stereocenters. The highest BCUT2D eigenvalue weighted by atomic mass is 16.5. The summed E-state index contributed by atoms with van der Waals surface area (Å²) in [6, 6.07) is 0.599. The molecule has 0 aliphatic rings. The summed E-state index contributed by atoms with van der Waals surface area (Å²) in [6.45, 7) is 14.2. The van der Waals surface area contributed by atoms with Crippen molar-refractivity contribution < 1.29 is 4.74 Å². The van der Waals surface area contributed by atoms with Gasteiger partial charge in [0.15, 0.2) is 0 Å². The van der Waals surface area contributed by atoms with Crippen molar-refractivity contribution in [1.82, 2.24) is 10.2 Å². The number of methoxy groups -OCH3 is 1. The minimum atomic E-state index is 0.599. The van der Waals surface area contributed by atoms with E-state index in [-0.39, 0.29) is 0 Å². The third kappa shape index (κ3) is 9.13. The van der Waals surface area contributed by atoms with Crippen LogP contribution in [-0.4, -0.2) is 50.8 Å². The van der Waals surface area contributed by atoms with Crippen LogP contribution in [-0.2, 0) is 4.74 Å². The van der Waals surface area contributed by atoms with Crippen molar-refractivity contribution in [2.75, 3.05) is 39.9 Å². The smallest absolute Gasteiger partial charge is 0.0589 e. The summed E-state index contributed by atoms with van der Waals surface area (Å²) in [6.07, 6.45) is 1.26. The lowest BCUT2D eigenvalue weighted by Crippen LogP contribution is -2.39. The number of nitrogens with one attached hydrogen (secondary N) is 1. The molecule has 0 bridgehead atoms. The normalized spacial score (nSPS) is 12.0. The molecule has 0 aliphatic carbocycles. The van der Waals surface area contributed by atoms with E-state index in [1.807, 2.05) is 0 Å². The molecule has 0 aromatic heterocycles. The molecule has 0 radical (unpaired) electrons. The summed E-state index contributed by atoms with van der Waals surface area (Å²) in [7, 11) is 1.76. The van der Waals surface area contributed by atoms with Gasteiger partial charge in [-0.05, 0) is 32.7 Å². The van der Waals surface area contributed by atoms with Crippen molar-refractivity contribution in [3.05, 3.63) is 0 Å². The van der Waals surface area contributed by atoms with Crippen LogP contribution >= 0.6 is 0 Å². The molecule has 0 atom stereocenters. The number of hydrogen-bond acceptors (Lipinski definition) is 3. The fourth-order valence-electron chi connectivity index (χ4n) is 1.58. The Balaban J connectivity index is 3.52. The summed E-state index contributed by atoms with van der Waals surface area (Å²) in [5, 5.41) is 3.50. The Morgan fingerprint density at radius 2 is 1.75 bits per heavy atom. The molecule has 1 N–H and O–H groups in total. The van der Waals surface area contributed by atoms with Crippen LogP contribution in [0.3, 0.4) is 0 Å². The van der Waals surface area contributed by atoms with Gasteiger partial charge < -0.3 is 10.1 Å². The quantitative estimate of drug-likeness (QED) is 0.581. The van der Waals surface area contributed by atoms with Crippen molar-refractivity contribution in [2.45, 2.75) is 40.2 Å². The fourth-order valence-corrected chi connectivity index (χ4v) is 1.58. The molecule has 98 valence electrons. The summed E-state index contributed by atoms with van der Waals surface area (Å²) in [5.41, 5.74) is 0. The monoisotopic (exact) mass is 230 g/mol. The van der Waals surface area contributed by atoms with E-state index in [1.165, 1.54) is 6.42 Å². The highest BCUT2D eigenvalue weighted by Crippen LogP contribution is 1.98. The minimum absolute atomic E-state index is 0.599. The lowest BCUT2D eigenvalue weighted by molar-refractivity contribution is 0.130. The van der Waals surface area contributed by atoms with Crippen molar-refractivity contribution in [3.8, 4) is 0 Å². The van der Waals surface area contributed by atoms with E-state index in [0.717, 1.165) is 38.7 Å². The molecule has 3 nitrogen and oxygen atoms in total. The first-order chi connectivity index (χ1) is 7.57. The van der Waals surface area contributed by atoms with Crippen LogP contribution < -0.4 is 5.32 Å². The second kappa shape index (κ2) is 10.1. The van der Waals surface area contributed by atoms with Crippen LogP contribution in [0.1, 0.15) is 34.1 Å². The zero-order valence-electron chi connectivity index (χ0n) is 11.8. The lowest BCUT2D eigenvalue weighted by atomic mass is 10.1. The van der Waals surface area contributed by atoms with Crippen molar-refractivity contribution in [3.63, 3.8) is 0 Å². The summed E-state index contributed by atoms with van der Waals surface area (Å²) < 4.78 is 5.12. The highest BCUT2D eigenvalue weighted by molar-refractivity contribution is 4.64. The summed E-state index contributed by atoms with van der Waals surface area (Å²) >= 11 is 0. The minimum Gasteiger partial charge on any atom is -0.383 e. The Morgan fingerprint density at radius 3 is 2.25 bits per heavy atom. The Morgan fingerprint density at radius 1 is 1.06 bits per heavy atom. The van der Waals surface area contributed by atoms with E-state index in [9.17, 15) is 0 Å². The third-order valence-electron chi connectivity index (χ3n) is 2.79. The van der Waals surface area contributed by atoms with Crippen LogP contribution in [0.25, 0.3) is 0 Å². The molecule has 0 spiro atoms. The van der Waals surface area contributed by atoms with E-state index in [1.54, 1.807) is 7.11 Å². The van der Waals surface area contributed by atoms with E-state index in [4.69, 9.17) is 4.74 Å². The largest absolute Gasteiger partial charge is 0.383 e. The van der Waals surface area contributed by atoms with Gasteiger partial charge in [-0.15, -0.1) is 0 Å². The first-order valence-corrected chi connectivity index (χ1v) is 6.51. The summed E-state index contributed by atoms with van der Waals surface area (Å²) in [5.74, 6) is 0.794. The van der Waals surface area contributed by atoms with E-state index < -0.39 is 0 Å². The van der Waals surface area contributed by atoms with Gasteiger partial charge in [0.25, 0.3) is 0 Å². The number of nitrogens with zero attached hydrogens (tertiary/aromatic N) is 1. The Labute approximate surface area is 102 Å². The van der Waals surface area contributed by atoms with Crippen LogP contribution in [0, 0.1) is 5.92 Å². The first-order valence-electron chi connectivity index (χ1n) is 6.51. The van der Waals surface area contributed by atoms with Gasteiger partial charge in [0.1, 0.15) is 0 Å². The van der Waals surface area contributed by atoms with Gasteiger partial charge in [-0.3, -0.25) is 4.90 Å². The first kappa shape index (κ1) is 15.9. The molecule has 0 aromatic carbocycles. The molecule has 0 aliphatic heterocycles. The highest BCUT2D eigenvalue weighted by Gasteiger charge is 2.07. The topological polar surface area (TPSA) is 24.5 Å². The summed E-state index contributed by atoms with van der Waals surface area (Å²) in [4.78, 5) is 2.45. The van der Waals surface area contributed by atoms with E-state index >= 15 is 0 Å². The number of rotatable bonds is 10. The van der Waals surface area contributed by atoms with Crippen LogP contribution in [0.4, 0.5) is 0 Å². The van der Waals surface area contributed by atoms with Crippen molar-refractivity contribution >= 4 is 0 Å². The molecule has 0 rings (SSSR count). The zero-order chi connectivity index (χ0) is 12.4. The van der Waals surface area contributed by atoms with Crippen molar-refractivity contribution in [2.24, 2.45) is 5.92 Å². The van der Waals surface area contributed by atoms with Gasteiger partial charge in [0.2, 0.25) is 0 Å². The maximum atomic E-state index is 5.12. The molecule has 0 saturated carbocycles. The van der Waals surface area contributed by atoms with E-state index in [0.29, 0.717) is 6.04 Å². The zero-order valence-corrected chi connectivity index (χ0v) is 11.8. The second-order valence-corrected chi connectivity index (χ2v) is 5.06. The van der Waals surface area contributed by atoms with Gasteiger partial charge in [-0.1, -0.05) is 13.8 Å². The van der Waals surface area contributed by atoms with Gasteiger partial charge in [-0.25, -0.2) is 0 Å². The van der Waals surface area contributed by atoms with Gasteiger partial charge in [0.05, 0.1) is 6.61 Å².